The molecule has 3 aliphatic rings. The lowest BCUT2D eigenvalue weighted by Crippen LogP contribution is -2.52. The van der Waals surface area contributed by atoms with E-state index >= 15 is 0 Å². The second-order valence-electron chi connectivity index (χ2n) is 15.2. The summed E-state index contributed by atoms with van der Waals surface area (Å²) in [6.07, 6.45) is 1.97. The van der Waals surface area contributed by atoms with E-state index in [0.717, 1.165) is 49.2 Å². The van der Waals surface area contributed by atoms with Crippen LogP contribution in [-0.2, 0) is 20.9 Å². The monoisotopic (exact) mass is 817 g/mol. The van der Waals surface area contributed by atoms with Crippen LogP contribution in [0.15, 0.2) is 108 Å². The van der Waals surface area contributed by atoms with Crippen LogP contribution in [0, 0.1) is 5.92 Å². The van der Waals surface area contributed by atoms with Gasteiger partial charge in [0.25, 0.3) is 5.91 Å². The number of carbonyl (C=O) groups is 3. The predicted molar refractivity (Wildman–Crippen MR) is 225 cm³/mol. The van der Waals surface area contributed by atoms with Gasteiger partial charge in [0.15, 0.2) is 0 Å². The molecule has 3 saturated heterocycles. The maximum absolute atomic E-state index is 13.2. The fourth-order valence-electron chi connectivity index (χ4n) is 7.78. The molecule has 0 saturated carbocycles. The largest absolute Gasteiger partial charge is 0.506 e. The number of benzene rings is 4. The van der Waals surface area contributed by atoms with Crippen molar-refractivity contribution in [2.24, 2.45) is 5.92 Å². The summed E-state index contributed by atoms with van der Waals surface area (Å²) in [5, 5.41) is 30.2. The van der Waals surface area contributed by atoms with Crippen LogP contribution in [-0.4, -0.2) is 90.0 Å². The zero-order valence-corrected chi connectivity index (χ0v) is 33.3. The Kier molecular flexibility index (Phi) is 14.1. The van der Waals surface area contributed by atoms with E-state index in [1.807, 2.05) is 54.6 Å². The minimum atomic E-state index is -0.866. The first-order valence-electron chi connectivity index (χ1n) is 20.4. The molecule has 14 heteroatoms. The molecule has 0 aliphatic carbocycles. The van der Waals surface area contributed by atoms with Crippen molar-refractivity contribution in [1.29, 1.82) is 0 Å². The predicted octanol–water partition coefficient (Wildman–Crippen LogP) is 5.10. The first-order chi connectivity index (χ1) is 29.2. The van der Waals surface area contributed by atoms with Gasteiger partial charge < -0.3 is 45.4 Å². The Morgan fingerprint density at radius 3 is 2.43 bits per heavy atom. The van der Waals surface area contributed by atoms with Crippen LogP contribution in [0.25, 0.3) is 10.9 Å². The Hall–Kier alpha value is -6.22. The van der Waals surface area contributed by atoms with E-state index in [0.29, 0.717) is 47.6 Å². The van der Waals surface area contributed by atoms with Crippen molar-refractivity contribution >= 4 is 28.9 Å². The summed E-state index contributed by atoms with van der Waals surface area (Å²) in [4.78, 5) is 54.8. The van der Waals surface area contributed by atoms with E-state index in [2.05, 4.69) is 25.8 Å². The highest BCUT2D eigenvalue weighted by Gasteiger charge is 2.37. The number of alkyl carbamates (subject to hydrolysis) is 1. The fraction of sp³-hybridized carbons (Fsp3) is 0.348. The number of H-pyrrole nitrogens is 1. The van der Waals surface area contributed by atoms with E-state index in [-0.39, 0.29) is 49.2 Å². The first kappa shape index (κ1) is 41.9. The molecule has 6 N–H and O–H groups in total. The van der Waals surface area contributed by atoms with Gasteiger partial charge in [-0.25, -0.2) is 4.79 Å². The van der Waals surface area contributed by atoms with E-state index in [9.17, 15) is 29.4 Å². The van der Waals surface area contributed by atoms with Gasteiger partial charge in [-0.05, 0) is 110 Å². The lowest BCUT2D eigenvalue weighted by atomic mass is 9.86. The molecule has 0 radical (unpaired) electrons. The molecular weight excluding hydrogens is 767 g/mol. The number of aliphatic hydroxyl groups is 1. The van der Waals surface area contributed by atoms with Gasteiger partial charge in [0.05, 0.1) is 24.3 Å². The van der Waals surface area contributed by atoms with Crippen LogP contribution in [0.4, 0.5) is 4.79 Å². The maximum Gasteiger partial charge on any atom is 0.408 e. The average Bonchev–Trinajstić information content (AvgIpc) is 3.27. The molecule has 4 aromatic carbocycles. The molecule has 5 aromatic rings. The number of aromatic hydroxyl groups is 1. The van der Waals surface area contributed by atoms with Crippen molar-refractivity contribution in [1.82, 2.24) is 25.8 Å². The quantitative estimate of drug-likeness (QED) is 0.0510. The highest BCUT2D eigenvalue weighted by Crippen LogP contribution is 2.31. The minimum Gasteiger partial charge on any atom is -0.506 e. The number of aromatic nitrogens is 1. The second-order valence-corrected chi connectivity index (χ2v) is 15.2. The summed E-state index contributed by atoms with van der Waals surface area (Å²) >= 11 is 0. The number of nitrogens with one attached hydrogen (secondary N) is 4. The van der Waals surface area contributed by atoms with Gasteiger partial charge in [-0.2, -0.15) is 0 Å². The maximum atomic E-state index is 13.2. The van der Waals surface area contributed by atoms with Crippen LogP contribution in [0.2, 0.25) is 0 Å². The third-order valence-corrected chi connectivity index (χ3v) is 11.1. The molecule has 0 spiro atoms. The average molecular weight is 818 g/mol. The topological polar surface area (TPSA) is 192 Å². The van der Waals surface area contributed by atoms with Crippen molar-refractivity contribution in [2.75, 3.05) is 45.9 Å². The van der Waals surface area contributed by atoms with Crippen molar-refractivity contribution in [3.63, 3.8) is 0 Å². The highest BCUT2D eigenvalue weighted by atomic mass is 16.6. The molecule has 314 valence electrons. The van der Waals surface area contributed by atoms with Gasteiger partial charge in [0.2, 0.25) is 5.56 Å². The molecule has 3 fully saturated rings. The number of unbranched alkanes of at least 4 members (excludes halogenated alkanes) is 1. The van der Waals surface area contributed by atoms with Gasteiger partial charge >= 0.3 is 12.1 Å². The summed E-state index contributed by atoms with van der Waals surface area (Å²) in [7, 11) is 0. The van der Waals surface area contributed by atoms with E-state index < -0.39 is 30.1 Å². The molecule has 3 atom stereocenters. The third kappa shape index (κ3) is 11.1. The summed E-state index contributed by atoms with van der Waals surface area (Å²) in [5.74, 6) is 0.00244. The first-order valence-corrected chi connectivity index (χ1v) is 20.4. The summed E-state index contributed by atoms with van der Waals surface area (Å²) in [6.45, 7) is 3.89. The molecule has 3 aliphatic heterocycles. The fourth-order valence-corrected chi connectivity index (χ4v) is 7.78. The number of esters is 1. The van der Waals surface area contributed by atoms with Crippen LogP contribution in [0.3, 0.4) is 0 Å². The number of aliphatic hydroxyl groups excluding tert-OH is 1. The number of nitrogens with zero attached hydrogens (tertiary/aromatic N) is 1. The molecule has 2 bridgehead atoms. The SMILES string of the molecule is O=C(CNC(=O)c1ccc(COc2cccc(C(NC(=O)O[C@H]3CN4CCC3CC4)c3ccccc3)c2)cc1)OCCCCNC[C@H](O)c1ccc(O)c2[nH]c(=O)ccc12. The smallest absolute Gasteiger partial charge is 0.408 e. The molecule has 4 heterocycles. The number of phenolic OH excluding ortho intramolecular Hbond substituents is 1. The van der Waals surface area contributed by atoms with Crippen LogP contribution in [0.1, 0.15) is 70.4 Å². The van der Waals surface area contributed by atoms with Crippen LogP contribution >= 0.6 is 0 Å². The van der Waals surface area contributed by atoms with E-state index in [1.54, 1.807) is 36.4 Å². The molecule has 1 unspecified atom stereocenters. The van der Waals surface area contributed by atoms with Crippen molar-refractivity contribution < 1.29 is 38.8 Å². The number of rotatable bonds is 18. The summed E-state index contributed by atoms with van der Waals surface area (Å²) in [6, 6.07) is 29.8. The molecule has 14 nitrogen and oxygen atoms in total. The van der Waals surface area contributed by atoms with Crippen molar-refractivity contribution in [2.45, 2.75) is 50.5 Å². The highest BCUT2D eigenvalue weighted by molar-refractivity contribution is 5.96. The number of piperidine rings is 3. The van der Waals surface area contributed by atoms with Crippen LogP contribution in [0.5, 0.6) is 11.5 Å². The number of pyridine rings is 1. The Labute approximate surface area is 347 Å². The number of amides is 2. The minimum absolute atomic E-state index is 0.0696. The molecule has 60 heavy (non-hydrogen) atoms. The Balaban J connectivity index is 0.807. The van der Waals surface area contributed by atoms with Crippen LogP contribution < -0.4 is 26.2 Å². The van der Waals surface area contributed by atoms with Crippen molar-refractivity contribution in [3.05, 3.63) is 141 Å². The second kappa shape index (κ2) is 20.2. The zero-order chi connectivity index (χ0) is 41.8. The Morgan fingerprint density at radius 2 is 1.67 bits per heavy atom. The number of aromatic amines is 1. The molecule has 8 rings (SSSR count). The summed E-state index contributed by atoms with van der Waals surface area (Å²) < 4.78 is 17.4. The Bertz CT molecular complexity index is 2290. The number of ether oxygens (including phenoxy) is 3. The van der Waals surface area contributed by atoms with Crippen molar-refractivity contribution in [3.8, 4) is 11.5 Å². The van der Waals surface area contributed by atoms with Gasteiger partial charge in [0.1, 0.15) is 30.8 Å². The van der Waals surface area contributed by atoms with Gasteiger partial charge in [-0.1, -0.05) is 60.7 Å². The number of phenols is 1. The van der Waals surface area contributed by atoms with E-state index in [1.165, 1.54) is 12.1 Å². The van der Waals surface area contributed by atoms with Gasteiger partial charge in [-0.15, -0.1) is 0 Å². The Morgan fingerprint density at radius 1 is 0.883 bits per heavy atom. The number of fused-ring (bicyclic) bond motifs is 4. The summed E-state index contributed by atoms with van der Waals surface area (Å²) in [5.41, 5.74) is 3.50. The van der Waals surface area contributed by atoms with Gasteiger partial charge in [0, 0.05) is 30.1 Å². The van der Waals surface area contributed by atoms with E-state index in [4.69, 9.17) is 14.2 Å². The lowest BCUT2D eigenvalue weighted by Gasteiger charge is -2.43. The number of carbonyl (C=O) groups excluding carboxylic acids is 3. The number of hydrogen-bond acceptors (Lipinski definition) is 11. The normalized spacial score (nSPS) is 18.0. The number of hydrogen-bond donors (Lipinski definition) is 6. The standard InChI is InChI=1S/C46H51N5O9/c52-38-17-15-36(37-16-18-41(54)49-44(37)38)39(53)26-47-21-4-5-24-58-42(55)27-48-45(56)33-13-11-30(12-14-33)29-59-35-10-6-9-34(25-35)43(32-7-2-1-3-8-32)50-46(57)60-40-28-51-22-19-31(40)20-23-51/h1-3,6-18,25,31,39-40,43,47,52-53H,4-5,19-24,26-29H2,(H,48,56)(H,49,54)(H,50,57)/t39-,40-,43?/m0/s1. The molecule has 1 aromatic heterocycles. The molecule has 2 amide bonds. The lowest BCUT2D eigenvalue weighted by molar-refractivity contribution is -0.142. The zero-order valence-electron chi connectivity index (χ0n) is 33.3. The third-order valence-electron chi connectivity index (χ3n) is 11.1. The molecular formula is C46H51N5O9. The van der Waals surface area contributed by atoms with Gasteiger partial charge in [-0.3, -0.25) is 19.3 Å².